The molecular formula is C30H26BrN3O4S. The summed E-state index contributed by atoms with van der Waals surface area (Å²) in [5.74, 6) is -0.135. The number of ether oxygens (including phenoxy) is 2. The van der Waals surface area contributed by atoms with Crippen molar-refractivity contribution in [3.8, 4) is 5.75 Å². The third-order valence-corrected chi connectivity index (χ3v) is 7.31. The zero-order valence-electron chi connectivity index (χ0n) is 21.5. The zero-order valence-corrected chi connectivity index (χ0v) is 23.9. The van der Waals surface area contributed by atoms with Crippen LogP contribution in [0.4, 0.5) is 5.69 Å². The molecule has 0 bridgehead atoms. The molecule has 9 heteroatoms. The largest absolute Gasteiger partial charge is 0.494 e. The van der Waals surface area contributed by atoms with Crippen molar-refractivity contribution in [3.05, 3.63) is 100 Å². The van der Waals surface area contributed by atoms with Gasteiger partial charge in [-0.15, -0.1) is 0 Å². The van der Waals surface area contributed by atoms with Crippen LogP contribution < -0.4 is 9.64 Å². The number of fused-ring (bicyclic) bond motifs is 1. The molecule has 2 heterocycles. The predicted molar refractivity (Wildman–Crippen MR) is 160 cm³/mol. The number of thiocarbonyl (C=S) groups is 1. The molecule has 5 rings (SSSR count). The van der Waals surface area contributed by atoms with Crippen molar-refractivity contribution < 1.29 is 19.1 Å². The lowest BCUT2D eigenvalue weighted by atomic mass is 10.1. The Hall–Kier alpha value is -3.95. The SMILES string of the molecule is CCOc1ccc(N2C(=O)/C(=C/c3cn(Cc4ccccc4)c4ccc(Br)cc34)N(CC(=O)OC)C2=S)cc1. The minimum absolute atomic E-state index is 0.188. The Labute approximate surface area is 240 Å². The maximum Gasteiger partial charge on any atom is 0.325 e. The van der Waals surface area contributed by atoms with Crippen molar-refractivity contribution in [2.45, 2.75) is 13.5 Å². The summed E-state index contributed by atoms with van der Waals surface area (Å²) in [6, 6.07) is 23.4. The molecule has 1 fully saturated rings. The van der Waals surface area contributed by atoms with Crippen LogP contribution in [0.1, 0.15) is 18.1 Å². The normalized spacial score (nSPS) is 14.5. The maximum atomic E-state index is 13.8. The first kappa shape index (κ1) is 26.6. The highest BCUT2D eigenvalue weighted by molar-refractivity contribution is 9.10. The average Bonchev–Trinajstić information content (AvgIpc) is 3.38. The molecule has 7 nitrogen and oxygen atoms in total. The Balaban J connectivity index is 1.59. The standard InChI is InChI=1S/C30H26BrN3O4S/c1-3-38-24-12-10-23(11-13-24)34-29(36)27(33(30(34)39)19-28(35)37-2)15-21-18-32(17-20-7-5-4-6-8-20)26-14-9-22(31)16-25(21)26/h4-16,18H,3,17,19H2,1-2H3/b27-15-. The fourth-order valence-corrected chi connectivity index (χ4v) is 5.29. The lowest BCUT2D eigenvalue weighted by Crippen LogP contribution is -2.35. The topological polar surface area (TPSA) is 64.0 Å². The van der Waals surface area contributed by atoms with E-state index in [1.807, 2.05) is 49.5 Å². The van der Waals surface area contributed by atoms with Crippen molar-refractivity contribution in [1.82, 2.24) is 9.47 Å². The first-order chi connectivity index (χ1) is 18.9. The maximum absolute atomic E-state index is 13.8. The summed E-state index contributed by atoms with van der Waals surface area (Å²) in [7, 11) is 1.31. The zero-order chi connectivity index (χ0) is 27.5. The third kappa shape index (κ3) is 5.46. The number of nitrogens with zero attached hydrogens (tertiary/aromatic N) is 3. The van der Waals surface area contributed by atoms with E-state index >= 15 is 0 Å². The van der Waals surface area contributed by atoms with E-state index in [9.17, 15) is 9.59 Å². The highest BCUT2D eigenvalue weighted by Crippen LogP contribution is 2.33. The van der Waals surface area contributed by atoms with Crippen LogP contribution in [-0.2, 0) is 20.9 Å². The van der Waals surface area contributed by atoms with E-state index in [0.717, 1.165) is 26.5 Å². The van der Waals surface area contributed by atoms with E-state index in [4.69, 9.17) is 21.7 Å². The number of aromatic nitrogens is 1. The van der Waals surface area contributed by atoms with E-state index in [-0.39, 0.29) is 23.3 Å². The van der Waals surface area contributed by atoms with Crippen LogP contribution in [0, 0.1) is 0 Å². The van der Waals surface area contributed by atoms with Crippen LogP contribution in [-0.4, -0.2) is 46.7 Å². The summed E-state index contributed by atoms with van der Waals surface area (Å²) in [6.45, 7) is 2.92. The van der Waals surface area contributed by atoms with Gasteiger partial charge in [-0.1, -0.05) is 46.3 Å². The molecule has 1 aliphatic heterocycles. The van der Waals surface area contributed by atoms with Gasteiger partial charge in [-0.3, -0.25) is 14.5 Å². The second kappa shape index (κ2) is 11.4. The molecule has 0 radical (unpaired) electrons. The van der Waals surface area contributed by atoms with Gasteiger partial charge in [0.1, 0.15) is 18.0 Å². The molecule has 39 heavy (non-hydrogen) atoms. The van der Waals surface area contributed by atoms with Crippen LogP contribution in [0.25, 0.3) is 17.0 Å². The highest BCUT2D eigenvalue weighted by Gasteiger charge is 2.40. The number of halogens is 1. The Morgan fingerprint density at radius 2 is 1.79 bits per heavy atom. The second-order valence-corrected chi connectivity index (χ2v) is 10.2. The van der Waals surface area contributed by atoms with Gasteiger partial charge in [0.15, 0.2) is 5.11 Å². The van der Waals surface area contributed by atoms with E-state index in [0.29, 0.717) is 24.6 Å². The number of carbonyl (C=O) groups is 2. The molecule has 1 aromatic heterocycles. The Bertz CT molecular complexity index is 1580. The molecule has 0 saturated carbocycles. The van der Waals surface area contributed by atoms with E-state index in [1.54, 1.807) is 30.3 Å². The molecular weight excluding hydrogens is 578 g/mol. The van der Waals surface area contributed by atoms with Gasteiger partial charge >= 0.3 is 5.97 Å². The van der Waals surface area contributed by atoms with Crippen LogP contribution in [0.3, 0.4) is 0 Å². The number of hydrogen-bond acceptors (Lipinski definition) is 5. The number of benzene rings is 3. The molecule has 1 amide bonds. The van der Waals surface area contributed by atoms with Gasteiger partial charge in [0.25, 0.3) is 5.91 Å². The van der Waals surface area contributed by atoms with Crippen LogP contribution in [0.2, 0.25) is 0 Å². The summed E-state index contributed by atoms with van der Waals surface area (Å²) in [6.07, 6.45) is 3.81. The molecule has 1 aliphatic rings. The van der Waals surface area contributed by atoms with Crippen molar-refractivity contribution in [2.24, 2.45) is 0 Å². The fourth-order valence-electron chi connectivity index (χ4n) is 4.58. The molecule has 0 N–H and O–H groups in total. The summed E-state index contributed by atoms with van der Waals surface area (Å²) in [4.78, 5) is 29.1. The lowest BCUT2D eigenvalue weighted by molar-refractivity contribution is -0.140. The Morgan fingerprint density at radius 3 is 2.49 bits per heavy atom. The quantitative estimate of drug-likeness (QED) is 0.140. The van der Waals surface area contributed by atoms with E-state index < -0.39 is 5.97 Å². The first-order valence-corrected chi connectivity index (χ1v) is 13.6. The van der Waals surface area contributed by atoms with Crippen LogP contribution in [0.5, 0.6) is 5.75 Å². The smallest absolute Gasteiger partial charge is 0.325 e. The van der Waals surface area contributed by atoms with Crippen molar-refractivity contribution in [2.75, 3.05) is 25.2 Å². The molecule has 0 unspecified atom stereocenters. The lowest BCUT2D eigenvalue weighted by Gasteiger charge is -2.19. The molecule has 1 saturated heterocycles. The third-order valence-electron chi connectivity index (χ3n) is 6.42. The molecule has 3 aromatic carbocycles. The second-order valence-electron chi connectivity index (χ2n) is 8.90. The highest BCUT2D eigenvalue weighted by atomic mass is 79.9. The molecule has 4 aromatic rings. The van der Waals surface area contributed by atoms with E-state index in [1.165, 1.54) is 16.9 Å². The summed E-state index contributed by atoms with van der Waals surface area (Å²) in [5, 5.41) is 1.17. The van der Waals surface area contributed by atoms with Gasteiger partial charge in [0, 0.05) is 33.7 Å². The fraction of sp³-hybridized carbons (Fsp3) is 0.167. The van der Waals surface area contributed by atoms with Gasteiger partial charge < -0.3 is 18.9 Å². The van der Waals surface area contributed by atoms with Crippen LogP contribution >= 0.6 is 28.1 Å². The summed E-state index contributed by atoms with van der Waals surface area (Å²) >= 11 is 9.29. The minimum Gasteiger partial charge on any atom is -0.494 e. The number of hydrogen-bond donors (Lipinski definition) is 0. The number of rotatable bonds is 8. The van der Waals surface area contributed by atoms with Gasteiger partial charge in [-0.25, -0.2) is 0 Å². The number of carbonyl (C=O) groups excluding carboxylic acids is 2. The Kier molecular flexibility index (Phi) is 7.81. The molecule has 0 atom stereocenters. The van der Waals surface area contributed by atoms with E-state index in [2.05, 4.69) is 32.6 Å². The molecule has 0 spiro atoms. The van der Waals surface area contributed by atoms with Gasteiger partial charge in [-0.2, -0.15) is 0 Å². The molecule has 0 aliphatic carbocycles. The predicted octanol–water partition coefficient (Wildman–Crippen LogP) is 6.00. The van der Waals surface area contributed by atoms with Crippen molar-refractivity contribution >= 4 is 67.8 Å². The number of anilines is 1. The number of methoxy groups -OCH3 is 1. The van der Waals surface area contributed by atoms with Crippen LogP contribution in [0.15, 0.2) is 89.2 Å². The summed E-state index contributed by atoms with van der Waals surface area (Å²) < 4.78 is 13.5. The van der Waals surface area contributed by atoms with Gasteiger partial charge in [-0.05, 0) is 73.2 Å². The average molecular weight is 605 g/mol. The Morgan fingerprint density at radius 1 is 1.05 bits per heavy atom. The molecule has 198 valence electrons. The first-order valence-electron chi connectivity index (χ1n) is 12.4. The van der Waals surface area contributed by atoms with Crippen molar-refractivity contribution in [1.29, 1.82) is 0 Å². The van der Waals surface area contributed by atoms with Crippen molar-refractivity contribution in [3.63, 3.8) is 0 Å². The number of amides is 1. The number of esters is 1. The monoisotopic (exact) mass is 603 g/mol. The van der Waals surface area contributed by atoms with Gasteiger partial charge in [0.2, 0.25) is 0 Å². The summed E-state index contributed by atoms with van der Waals surface area (Å²) in [5.41, 5.74) is 3.88. The minimum atomic E-state index is -0.501. The van der Waals surface area contributed by atoms with Gasteiger partial charge in [0.05, 0.1) is 19.4 Å².